The monoisotopic (exact) mass is 598 g/mol. The van der Waals surface area contributed by atoms with Gasteiger partial charge in [0.25, 0.3) is 0 Å². The largest absolute Gasteiger partial charge is 0.493 e. The zero-order valence-electron chi connectivity index (χ0n) is 25.1. The van der Waals surface area contributed by atoms with Gasteiger partial charge in [-0.2, -0.15) is 4.98 Å². The molecule has 3 aromatic rings. The van der Waals surface area contributed by atoms with E-state index in [9.17, 15) is 13.2 Å². The van der Waals surface area contributed by atoms with Crippen molar-refractivity contribution in [3.63, 3.8) is 0 Å². The van der Waals surface area contributed by atoms with Crippen LogP contribution in [0.3, 0.4) is 0 Å². The maximum atomic E-state index is 12.7. The van der Waals surface area contributed by atoms with Gasteiger partial charge in [0.2, 0.25) is 10.0 Å². The quantitative estimate of drug-likeness (QED) is 0.211. The van der Waals surface area contributed by atoms with Gasteiger partial charge >= 0.3 is 12.0 Å². The Kier molecular flexibility index (Phi) is 10.3. The Bertz CT molecular complexity index is 1400. The summed E-state index contributed by atoms with van der Waals surface area (Å²) >= 11 is 0. The van der Waals surface area contributed by atoms with Crippen LogP contribution in [-0.2, 0) is 19.6 Å². The summed E-state index contributed by atoms with van der Waals surface area (Å²) in [6.45, 7) is 12.0. The van der Waals surface area contributed by atoms with Gasteiger partial charge in [-0.3, -0.25) is 4.79 Å². The summed E-state index contributed by atoms with van der Waals surface area (Å²) in [7, 11) is -3.68. The predicted octanol–water partition coefficient (Wildman–Crippen LogP) is 5.56. The first kappa shape index (κ1) is 31.5. The summed E-state index contributed by atoms with van der Waals surface area (Å²) in [6.07, 6.45) is 2.49. The number of esters is 1. The van der Waals surface area contributed by atoms with Gasteiger partial charge in [-0.25, -0.2) is 13.1 Å². The van der Waals surface area contributed by atoms with Crippen LogP contribution in [0.2, 0.25) is 0 Å². The zero-order chi connectivity index (χ0) is 30.3. The molecule has 2 heterocycles. The maximum Gasteiger partial charge on any atom is 0.324 e. The summed E-state index contributed by atoms with van der Waals surface area (Å²) in [5.41, 5.74) is 1.31. The molecule has 0 saturated carbocycles. The van der Waals surface area contributed by atoms with Gasteiger partial charge < -0.3 is 18.9 Å². The molecular formula is C31H42N4O6S. The SMILES string of the molecule is CC(C)c1noc(N2CCC(COc3ccc(-c4ccc(S(=O)(=O)NCCCC(=O)OC(C)(C)C)cc4)cc3)CC2)n1. The summed E-state index contributed by atoms with van der Waals surface area (Å²) in [6, 6.07) is 15.2. The topological polar surface area (TPSA) is 124 Å². The van der Waals surface area contributed by atoms with E-state index in [2.05, 4.69) is 19.8 Å². The molecule has 0 bridgehead atoms. The molecule has 0 spiro atoms. The molecule has 0 unspecified atom stereocenters. The highest BCUT2D eigenvalue weighted by Crippen LogP contribution is 2.27. The Balaban J connectivity index is 1.21. The minimum atomic E-state index is -3.68. The molecule has 10 nitrogen and oxygen atoms in total. The van der Waals surface area contributed by atoms with E-state index in [0.29, 0.717) is 25.0 Å². The molecule has 11 heteroatoms. The summed E-state index contributed by atoms with van der Waals surface area (Å²) in [5, 5.41) is 4.06. The Morgan fingerprint density at radius 1 is 1.05 bits per heavy atom. The van der Waals surface area contributed by atoms with E-state index in [1.807, 2.05) is 38.1 Å². The van der Waals surface area contributed by atoms with Gasteiger partial charge in [-0.15, -0.1) is 0 Å². The number of anilines is 1. The number of sulfonamides is 1. The van der Waals surface area contributed by atoms with Gasteiger partial charge in [-0.05, 0) is 81.3 Å². The third-order valence-corrected chi connectivity index (χ3v) is 8.42. The van der Waals surface area contributed by atoms with Gasteiger partial charge in [0, 0.05) is 32.0 Å². The molecule has 4 rings (SSSR count). The minimum Gasteiger partial charge on any atom is -0.493 e. The van der Waals surface area contributed by atoms with Gasteiger partial charge in [0.15, 0.2) is 5.82 Å². The Hall–Kier alpha value is -3.44. The second-order valence-electron chi connectivity index (χ2n) is 12.0. The van der Waals surface area contributed by atoms with Crippen molar-refractivity contribution in [2.75, 3.05) is 31.1 Å². The van der Waals surface area contributed by atoms with Crippen LogP contribution in [0.5, 0.6) is 5.75 Å². The molecule has 1 N–H and O–H groups in total. The summed E-state index contributed by atoms with van der Waals surface area (Å²) in [4.78, 5) is 18.6. The van der Waals surface area contributed by atoms with Crippen LogP contribution in [0.1, 0.15) is 72.0 Å². The number of aromatic nitrogens is 2. The lowest BCUT2D eigenvalue weighted by atomic mass is 9.98. The first-order valence-electron chi connectivity index (χ1n) is 14.5. The molecule has 0 atom stereocenters. The molecule has 228 valence electrons. The van der Waals surface area contributed by atoms with E-state index in [1.165, 1.54) is 0 Å². The number of nitrogens with zero attached hydrogens (tertiary/aromatic N) is 3. The predicted molar refractivity (Wildman–Crippen MR) is 161 cm³/mol. The third-order valence-electron chi connectivity index (χ3n) is 6.94. The van der Waals surface area contributed by atoms with E-state index in [4.69, 9.17) is 14.0 Å². The van der Waals surface area contributed by atoms with Crippen LogP contribution in [0.25, 0.3) is 11.1 Å². The lowest BCUT2D eigenvalue weighted by molar-refractivity contribution is -0.154. The Morgan fingerprint density at radius 2 is 1.67 bits per heavy atom. The highest BCUT2D eigenvalue weighted by Gasteiger charge is 2.24. The number of benzene rings is 2. The van der Waals surface area contributed by atoms with E-state index in [1.54, 1.807) is 45.0 Å². The molecule has 2 aromatic carbocycles. The van der Waals surface area contributed by atoms with Gasteiger partial charge in [0.1, 0.15) is 11.4 Å². The second-order valence-corrected chi connectivity index (χ2v) is 13.7. The average molecular weight is 599 g/mol. The fourth-order valence-corrected chi connectivity index (χ4v) is 5.65. The smallest absolute Gasteiger partial charge is 0.324 e. The molecule has 1 aromatic heterocycles. The van der Waals surface area contributed by atoms with Crippen LogP contribution in [0.15, 0.2) is 57.9 Å². The second kappa shape index (κ2) is 13.7. The number of rotatable bonds is 12. The lowest BCUT2D eigenvalue weighted by Gasteiger charge is -2.30. The van der Waals surface area contributed by atoms with Crippen LogP contribution in [0, 0.1) is 5.92 Å². The van der Waals surface area contributed by atoms with Crippen molar-refractivity contribution in [2.24, 2.45) is 5.92 Å². The molecular weight excluding hydrogens is 556 g/mol. The standard InChI is InChI=1S/C31H42N4O6S/c1-22(2)29-33-30(41-34-29)35-19-16-23(17-20-35)21-39-26-12-8-24(9-13-26)25-10-14-27(15-11-25)42(37,38)32-18-6-7-28(36)40-31(3,4)5/h8-15,22-23,32H,6-7,16-21H2,1-5H3. The van der Waals surface area contributed by atoms with Crippen molar-refractivity contribution in [3.8, 4) is 16.9 Å². The van der Waals surface area contributed by atoms with Crippen molar-refractivity contribution in [1.29, 1.82) is 0 Å². The number of piperidine rings is 1. The van der Waals surface area contributed by atoms with Crippen LogP contribution in [0.4, 0.5) is 6.01 Å². The van der Waals surface area contributed by atoms with Crippen molar-refractivity contribution >= 4 is 22.0 Å². The third kappa shape index (κ3) is 9.03. The van der Waals surface area contributed by atoms with Crippen molar-refractivity contribution < 1.29 is 27.2 Å². The summed E-state index contributed by atoms with van der Waals surface area (Å²) in [5.74, 6) is 1.89. The van der Waals surface area contributed by atoms with Crippen molar-refractivity contribution in [3.05, 3.63) is 54.4 Å². The van der Waals surface area contributed by atoms with Crippen LogP contribution < -0.4 is 14.4 Å². The van der Waals surface area contributed by atoms with E-state index in [0.717, 1.165) is 48.6 Å². The molecule has 1 saturated heterocycles. The van der Waals surface area contributed by atoms with Crippen molar-refractivity contribution in [2.45, 2.75) is 76.7 Å². The van der Waals surface area contributed by atoms with E-state index < -0.39 is 15.6 Å². The number of ether oxygens (including phenoxy) is 2. The molecule has 0 radical (unpaired) electrons. The minimum absolute atomic E-state index is 0.151. The average Bonchev–Trinajstić information content (AvgIpc) is 3.45. The Morgan fingerprint density at radius 3 is 2.24 bits per heavy atom. The first-order valence-corrected chi connectivity index (χ1v) is 16.0. The van der Waals surface area contributed by atoms with Crippen LogP contribution in [-0.4, -0.2) is 56.4 Å². The number of hydrogen-bond donors (Lipinski definition) is 1. The fourth-order valence-electron chi connectivity index (χ4n) is 4.58. The summed E-state index contributed by atoms with van der Waals surface area (Å²) < 4.78 is 44.6. The van der Waals surface area contributed by atoms with Gasteiger partial charge in [-0.1, -0.05) is 43.3 Å². The first-order chi connectivity index (χ1) is 19.9. The van der Waals surface area contributed by atoms with E-state index >= 15 is 0 Å². The fraction of sp³-hybridized carbons (Fsp3) is 0.516. The van der Waals surface area contributed by atoms with E-state index in [-0.39, 0.29) is 29.7 Å². The number of carbonyl (C=O) groups excluding carboxylic acids is 1. The highest BCUT2D eigenvalue weighted by atomic mass is 32.2. The number of hydrogen-bond acceptors (Lipinski definition) is 9. The number of nitrogens with one attached hydrogen (secondary N) is 1. The molecule has 42 heavy (non-hydrogen) atoms. The molecule has 0 amide bonds. The lowest BCUT2D eigenvalue weighted by Crippen LogP contribution is -2.35. The van der Waals surface area contributed by atoms with Crippen molar-refractivity contribution in [1.82, 2.24) is 14.9 Å². The van der Waals surface area contributed by atoms with Gasteiger partial charge in [0.05, 0.1) is 11.5 Å². The molecule has 1 fully saturated rings. The Labute approximate surface area is 248 Å². The van der Waals surface area contributed by atoms with Crippen LogP contribution >= 0.6 is 0 Å². The normalized spacial score (nSPS) is 14.8. The zero-order valence-corrected chi connectivity index (χ0v) is 25.9. The highest BCUT2D eigenvalue weighted by molar-refractivity contribution is 7.89. The number of carbonyl (C=O) groups is 1. The molecule has 1 aliphatic rings. The molecule has 0 aliphatic carbocycles. The molecule has 1 aliphatic heterocycles. The maximum absolute atomic E-state index is 12.7.